The second kappa shape index (κ2) is 250. The van der Waals surface area contributed by atoms with E-state index in [1.54, 1.807) is 0 Å². The van der Waals surface area contributed by atoms with Crippen molar-refractivity contribution in [3.8, 4) is 0 Å². The van der Waals surface area contributed by atoms with Crippen LogP contribution in [0.2, 0.25) is 0 Å². The van der Waals surface area contributed by atoms with E-state index in [-0.39, 0.29) is 17.6 Å². The first kappa shape index (κ1) is 17.9. The van der Waals surface area contributed by atoms with Gasteiger partial charge in [0.25, 0.3) is 0 Å². The van der Waals surface area contributed by atoms with Gasteiger partial charge < -0.3 is 10.2 Å². The van der Waals surface area contributed by atoms with Gasteiger partial charge in [0.1, 0.15) is 0 Å². The number of hydrogen-bond donors (Lipinski definition) is 0. The van der Waals surface area contributed by atoms with E-state index in [4.69, 9.17) is 10.2 Å². The van der Waals surface area contributed by atoms with Crippen LogP contribution < -0.4 is 10.2 Å². The Bertz CT molecular complexity index is 7.61. The van der Waals surface area contributed by atoms with Crippen molar-refractivity contribution in [1.82, 2.24) is 0 Å². The molecular weight excluding hydrogens is 129 g/mol. The van der Waals surface area contributed by atoms with Crippen molar-refractivity contribution < 1.29 is 10.2 Å². The Balaban J connectivity index is -0.0000000133. The summed E-state index contributed by atoms with van der Waals surface area (Å²) in [4.78, 5) is 0. The van der Waals surface area contributed by atoms with E-state index in [2.05, 4.69) is 0 Å². The Morgan fingerprint density at radius 2 is 0.800 bits per heavy atom. The molecule has 0 saturated carbocycles. The third-order valence-corrected chi connectivity index (χ3v) is 0. The van der Waals surface area contributed by atoms with E-state index in [0.717, 1.165) is 14.2 Å². The van der Waals surface area contributed by atoms with Crippen molar-refractivity contribution in [2.24, 2.45) is 0 Å². The number of rotatable bonds is 0. The maximum atomic E-state index is 8.25. The summed E-state index contributed by atoms with van der Waals surface area (Å²) in [5.74, 6) is 0. The summed E-state index contributed by atoms with van der Waals surface area (Å²) in [6.07, 6.45) is 0. The van der Waals surface area contributed by atoms with Crippen LogP contribution in [0.25, 0.3) is 0 Å². The van der Waals surface area contributed by atoms with Gasteiger partial charge in [0.2, 0.25) is 0 Å². The van der Waals surface area contributed by atoms with Crippen LogP contribution in [0.15, 0.2) is 0 Å². The monoisotopic (exact) mass is 138 g/mol. The van der Waals surface area contributed by atoms with Crippen LogP contribution in [-0.4, -0.2) is 31.8 Å². The summed E-state index contributed by atoms with van der Waals surface area (Å²) < 4.78 is 0. The van der Waals surface area contributed by atoms with Crippen LogP contribution in [0.5, 0.6) is 0 Å². The summed E-state index contributed by atoms with van der Waals surface area (Å²) in [6, 6.07) is 0. The van der Waals surface area contributed by atoms with E-state index in [1.165, 1.54) is 0 Å². The molecule has 0 amide bonds. The zero-order valence-electron chi connectivity index (χ0n) is 3.52. The predicted molar refractivity (Wildman–Crippen MR) is 20.4 cm³/mol. The van der Waals surface area contributed by atoms with E-state index in [0.29, 0.717) is 0 Å². The molecular formula is C2H8GeO2. The Morgan fingerprint density at radius 1 is 0.800 bits per heavy atom. The Kier molecular flexibility index (Phi) is 896. The molecule has 0 N–H and O–H groups in total. The van der Waals surface area contributed by atoms with Gasteiger partial charge in [-0.05, 0) is 0 Å². The zero-order valence-corrected chi connectivity index (χ0v) is 6.49. The van der Waals surface area contributed by atoms with Gasteiger partial charge in [-0.25, -0.2) is 0 Å². The molecule has 0 aromatic carbocycles. The van der Waals surface area contributed by atoms with Crippen molar-refractivity contribution in [2.45, 2.75) is 0 Å². The van der Waals surface area contributed by atoms with Gasteiger partial charge in [-0.2, -0.15) is 14.2 Å². The quantitative estimate of drug-likeness (QED) is 0.334. The third-order valence-electron chi connectivity index (χ3n) is 0. The molecule has 5 heavy (non-hydrogen) atoms. The topological polar surface area (TPSA) is 46.1 Å². The number of hydrogen-bond acceptors (Lipinski definition) is 2. The summed E-state index contributed by atoms with van der Waals surface area (Å²) in [5, 5.41) is 16.5. The molecule has 0 unspecified atom stereocenters. The van der Waals surface area contributed by atoms with Crippen molar-refractivity contribution in [2.75, 3.05) is 14.2 Å². The molecule has 0 saturated heterocycles. The van der Waals surface area contributed by atoms with Gasteiger partial charge in [0, 0.05) is 0 Å². The first-order valence-electron chi connectivity index (χ1n) is 0.816. The average molecular weight is 137 g/mol. The molecule has 0 aromatic heterocycles. The fourth-order valence-corrected chi connectivity index (χ4v) is 0. The van der Waals surface area contributed by atoms with Crippen molar-refractivity contribution in [1.29, 1.82) is 0 Å². The van der Waals surface area contributed by atoms with Gasteiger partial charge in [0.15, 0.2) is 0 Å². The molecule has 0 spiro atoms. The molecule has 0 aliphatic carbocycles. The van der Waals surface area contributed by atoms with E-state index >= 15 is 0 Å². The minimum atomic E-state index is 0. The molecule has 0 heterocycles. The zero-order chi connectivity index (χ0) is 4.00. The van der Waals surface area contributed by atoms with Crippen LogP contribution in [-0.2, 0) is 0 Å². The molecule has 0 aliphatic heterocycles. The predicted octanol–water partition coefficient (Wildman–Crippen LogP) is -2.96. The Hall–Kier alpha value is 0.463. The standard InChI is InChI=1S/2CH3O.GeH2/c2*1-2;/h2*1H3;1H2/q2*-1;+2. The molecule has 0 aliphatic rings. The van der Waals surface area contributed by atoms with Crippen LogP contribution in [0.4, 0.5) is 0 Å². The van der Waals surface area contributed by atoms with Gasteiger partial charge >= 0.3 is 17.6 Å². The van der Waals surface area contributed by atoms with Crippen LogP contribution in [0, 0.1) is 0 Å². The second-order valence-corrected chi connectivity index (χ2v) is 0. The molecule has 0 bridgehead atoms. The summed E-state index contributed by atoms with van der Waals surface area (Å²) >= 11 is 0. The fraction of sp³-hybridized carbons (Fsp3) is 1.00. The minimum absolute atomic E-state index is 0. The average Bonchev–Trinajstić information content (AvgIpc) is 1.50. The molecule has 2 nitrogen and oxygen atoms in total. The fourth-order valence-electron chi connectivity index (χ4n) is 0. The van der Waals surface area contributed by atoms with E-state index in [1.807, 2.05) is 0 Å². The van der Waals surface area contributed by atoms with Crippen LogP contribution >= 0.6 is 0 Å². The summed E-state index contributed by atoms with van der Waals surface area (Å²) in [5.41, 5.74) is 0. The molecule has 32 valence electrons. The molecule has 0 atom stereocenters. The van der Waals surface area contributed by atoms with Crippen LogP contribution in [0.1, 0.15) is 0 Å². The van der Waals surface area contributed by atoms with Gasteiger partial charge in [-0.1, -0.05) is 0 Å². The molecule has 0 radical (unpaired) electrons. The maximum absolute atomic E-state index is 8.25. The van der Waals surface area contributed by atoms with Gasteiger partial charge in [-0.3, -0.25) is 0 Å². The third kappa shape index (κ3) is 126. The first-order valence-corrected chi connectivity index (χ1v) is 0.816. The molecule has 0 aromatic rings. The normalized spacial score (nSPS) is 2.40. The molecule has 3 heteroatoms. The van der Waals surface area contributed by atoms with E-state index < -0.39 is 0 Å². The van der Waals surface area contributed by atoms with Gasteiger partial charge in [0.05, 0.1) is 0 Å². The molecule has 0 fully saturated rings. The van der Waals surface area contributed by atoms with E-state index in [9.17, 15) is 0 Å². The van der Waals surface area contributed by atoms with Crippen LogP contribution in [0.3, 0.4) is 0 Å². The van der Waals surface area contributed by atoms with Crippen molar-refractivity contribution >= 4 is 17.6 Å². The van der Waals surface area contributed by atoms with Crippen molar-refractivity contribution in [3.63, 3.8) is 0 Å². The van der Waals surface area contributed by atoms with Crippen molar-refractivity contribution in [3.05, 3.63) is 0 Å². The first-order chi connectivity index (χ1) is 2.00. The SMILES string of the molecule is C[O-].C[O-].[GeH2+2]. The second-order valence-electron chi connectivity index (χ2n) is 0. The molecule has 0 rings (SSSR count). The summed E-state index contributed by atoms with van der Waals surface area (Å²) in [7, 11) is 1.50. The Morgan fingerprint density at radius 3 is 0.800 bits per heavy atom. The Labute approximate surface area is 42.8 Å². The van der Waals surface area contributed by atoms with Gasteiger partial charge in [-0.15, -0.1) is 0 Å². The summed E-state index contributed by atoms with van der Waals surface area (Å²) in [6.45, 7) is 0.